The number of nitrogens with zero attached hydrogens (tertiary/aromatic N) is 5. The number of nitrogens with one attached hydrogen (secondary N) is 1. The molecular formula is C19H34N6S. The summed E-state index contributed by atoms with van der Waals surface area (Å²) in [6, 6.07) is 0. The minimum absolute atomic E-state index is 0.449. The summed E-state index contributed by atoms with van der Waals surface area (Å²) in [5.41, 5.74) is 0. The van der Waals surface area contributed by atoms with E-state index in [0.717, 1.165) is 37.2 Å². The average molecular weight is 379 g/mol. The number of aromatic nitrogens is 3. The van der Waals surface area contributed by atoms with E-state index in [1.165, 1.54) is 50.7 Å². The van der Waals surface area contributed by atoms with E-state index in [9.17, 15) is 0 Å². The molecule has 1 N–H and O–H groups in total. The molecule has 0 atom stereocenters. The van der Waals surface area contributed by atoms with Crippen molar-refractivity contribution in [2.24, 2.45) is 12.0 Å². The number of rotatable bonds is 5. The van der Waals surface area contributed by atoms with Gasteiger partial charge in [-0.1, -0.05) is 32.6 Å². The van der Waals surface area contributed by atoms with E-state index in [0.29, 0.717) is 11.3 Å². The summed E-state index contributed by atoms with van der Waals surface area (Å²) < 4.78 is 2.48. The maximum absolute atomic E-state index is 4.94. The maximum atomic E-state index is 4.94. The van der Waals surface area contributed by atoms with Crippen molar-refractivity contribution in [3.8, 4) is 0 Å². The largest absolute Gasteiger partial charge is 0.356 e. The molecule has 0 aromatic carbocycles. The molecule has 1 spiro atoms. The van der Waals surface area contributed by atoms with Gasteiger partial charge in [0.15, 0.2) is 11.8 Å². The number of aliphatic imine (C=N–C) groups is 1. The molecular weight excluding hydrogens is 344 g/mol. The highest BCUT2D eigenvalue weighted by molar-refractivity contribution is 8.00. The van der Waals surface area contributed by atoms with Gasteiger partial charge in [0.05, 0.1) is 0 Å². The lowest BCUT2D eigenvalue weighted by Crippen LogP contribution is -2.53. The number of hydrogen-bond acceptors (Lipinski definition) is 4. The molecule has 1 aliphatic heterocycles. The van der Waals surface area contributed by atoms with Crippen LogP contribution in [0.5, 0.6) is 0 Å². The van der Waals surface area contributed by atoms with Crippen molar-refractivity contribution in [1.29, 1.82) is 0 Å². The smallest absolute Gasteiger partial charge is 0.194 e. The van der Waals surface area contributed by atoms with Crippen LogP contribution in [0.4, 0.5) is 0 Å². The quantitative estimate of drug-likeness (QED) is 0.485. The van der Waals surface area contributed by atoms with Crippen LogP contribution in [0, 0.1) is 6.92 Å². The molecule has 7 heteroatoms. The van der Waals surface area contributed by atoms with Crippen LogP contribution in [-0.2, 0) is 13.6 Å². The highest BCUT2D eigenvalue weighted by Crippen LogP contribution is 2.42. The second-order valence-corrected chi connectivity index (χ2v) is 9.22. The van der Waals surface area contributed by atoms with E-state index in [2.05, 4.69) is 39.1 Å². The Balaban J connectivity index is 1.71. The van der Waals surface area contributed by atoms with Gasteiger partial charge in [0.1, 0.15) is 12.4 Å². The van der Waals surface area contributed by atoms with E-state index >= 15 is 0 Å². The SMILES string of the molecule is CCCCNC(=NCc1nnc(C)n1C)N1CCSC2(CCCCC2)C1. The van der Waals surface area contributed by atoms with Gasteiger partial charge in [0, 0.05) is 37.2 Å². The fraction of sp³-hybridized carbons (Fsp3) is 0.842. The van der Waals surface area contributed by atoms with Crippen LogP contribution in [0.2, 0.25) is 0 Å². The first-order chi connectivity index (χ1) is 12.6. The van der Waals surface area contributed by atoms with Crippen LogP contribution in [0.15, 0.2) is 4.99 Å². The topological polar surface area (TPSA) is 58.3 Å². The van der Waals surface area contributed by atoms with E-state index in [1.807, 2.05) is 18.5 Å². The summed E-state index contributed by atoms with van der Waals surface area (Å²) in [7, 11) is 2.01. The summed E-state index contributed by atoms with van der Waals surface area (Å²) in [6.07, 6.45) is 9.27. The van der Waals surface area contributed by atoms with E-state index in [4.69, 9.17) is 4.99 Å². The minimum Gasteiger partial charge on any atom is -0.356 e. The van der Waals surface area contributed by atoms with Crippen molar-refractivity contribution in [2.45, 2.75) is 70.1 Å². The second kappa shape index (κ2) is 9.11. The molecule has 1 saturated carbocycles. The highest BCUT2D eigenvalue weighted by atomic mass is 32.2. The predicted molar refractivity (Wildman–Crippen MR) is 110 cm³/mol. The summed E-state index contributed by atoms with van der Waals surface area (Å²) in [6.45, 7) is 8.01. The van der Waals surface area contributed by atoms with Gasteiger partial charge >= 0.3 is 0 Å². The normalized spacial score (nSPS) is 20.6. The van der Waals surface area contributed by atoms with Crippen molar-refractivity contribution in [3.05, 3.63) is 11.6 Å². The Morgan fingerprint density at radius 3 is 2.77 bits per heavy atom. The predicted octanol–water partition coefficient (Wildman–Crippen LogP) is 3.12. The van der Waals surface area contributed by atoms with E-state index < -0.39 is 0 Å². The summed E-state index contributed by atoms with van der Waals surface area (Å²) >= 11 is 2.21. The summed E-state index contributed by atoms with van der Waals surface area (Å²) in [5, 5.41) is 12.0. The number of thioether (sulfide) groups is 1. The molecule has 6 nitrogen and oxygen atoms in total. The number of aryl methyl sites for hydroxylation is 1. The Morgan fingerprint density at radius 1 is 1.27 bits per heavy atom. The van der Waals surface area contributed by atoms with Crippen LogP contribution in [-0.4, -0.2) is 55.8 Å². The molecule has 3 rings (SSSR count). The lowest BCUT2D eigenvalue weighted by Gasteiger charge is -2.45. The van der Waals surface area contributed by atoms with Crippen molar-refractivity contribution >= 4 is 17.7 Å². The first kappa shape index (κ1) is 19.5. The van der Waals surface area contributed by atoms with Crippen molar-refractivity contribution in [1.82, 2.24) is 25.0 Å². The van der Waals surface area contributed by atoms with Crippen LogP contribution in [0.1, 0.15) is 63.5 Å². The van der Waals surface area contributed by atoms with Gasteiger partial charge in [0.25, 0.3) is 0 Å². The molecule has 146 valence electrons. The third-order valence-corrected chi connectivity index (χ3v) is 7.22. The molecule has 0 amide bonds. The Hall–Kier alpha value is -1.24. The first-order valence-corrected chi connectivity index (χ1v) is 11.1. The molecule has 1 aromatic rings. The molecule has 0 unspecified atom stereocenters. The van der Waals surface area contributed by atoms with Gasteiger partial charge in [-0.25, -0.2) is 4.99 Å². The Morgan fingerprint density at radius 2 is 2.08 bits per heavy atom. The summed E-state index contributed by atoms with van der Waals surface area (Å²) in [4.78, 5) is 7.44. The fourth-order valence-electron chi connectivity index (χ4n) is 3.90. The van der Waals surface area contributed by atoms with Gasteiger partial charge in [-0.3, -0.25) is 0 Å². The summed E-state index contributed by atoms with van der Waals surface area (Å²) in [5.74, 6) is 4.13. The number of unbranched alkanes of at least 4 members (excludes halogenated alkanes) is 1. The zero-order valence-electron chi connectivity index (χ0n) is 16.6. The van der Waals surface area contributed by atoms with Gasteiger partial charge in [-0.15, -0.1) is 10.2 Å². The molecule has 2 heterocycles. The molecule has 1 aromatic heterocycles. The first-order valence-electron chi connectivity index (χ1n) is 10.2. The molecule has 1 saturated heterocycles. The molecule has 26 heavy (non-hydrogen) atoms. The Bertz CT molecular complexity index is 600. The lowest BCUT2D eigenvalue weighted by molar-refractivity contribution is 0.292. The zero-order chi connectivity index (χ0) is 18.4. The van der Waals surface area contributed by atoms with Crippen molar-refractivity contribution in [3.63, 3.8) is 0 Å². The third-order valence-electron chi connectivity index (χ3n) is 5.68. The van der Waals surface area contributed by atoms with Crippen LogP contribution in [0.3, 0.4) is 0 Å². The van der Waals surface area contributed by atoms with Gasteiger partial charge in [0.2, 0.25) is 0 Å². The van der Waals surface area contributed by atoms with E-state index in [-0.39, 0.29) is 0 Å². The molecule has 2 fully saturated rings. The van der Waals surface area contributed by atoms with Crippen LogP contribution < -0.4 is 5.32 Å². The van der Waals surface area contributed by atoms with Crippen molar-refractivity contribution < 1.29 is 0 Å². The molecule has 0 bridgehead atoms. The van der Waals surface area contributed by atoms with Gasteiger partial charge in [-0.2, -0.15) is 11.8 Å². The minimum atomic E-state index is 0.449. The zero-order valence-corrected chi connectivity index (χ0v) is 17.4. The van der Waals surface area contributed by atoms with Crippen LogP contribution in [0.25, 0.3) is 0 Å². The third kappa shape index (κ3) is 4.72. The number of guanidine groups is 1. The maximum Gasteiger partial charge on any atom is 0.194 e. The molecule has 1 aliphatic carbocycles. The Kier molecular flexibility index (Phi) is 6.84. The Labute approximate surface area is 162 Å². The lowest BCUT2D eigenvalue weighted by atomic mass is 9.87. The number of hydrogen-bond donors (Lipinski definition) is 1. The second-order valence-electron chi connectivity index (χ2n) is 7.66. The van der Waals surface area contributed by atoms with E-state index in [1.54, 1.807) is 0 Å². The van der Waals surface area contributed by atoms with Gasteiger partial charge < -0.3 is 14.8 Å². The molecule has 0 radical (unpaired) electrons. The standard InChI is InChI=1S/C19H34N6S/c1-4-5-11-20-18(21-14-17-23-22-16(2)24(17)3)25-12-13-26-19(15-25)9-7-6-8-10-19/h4-15H2,1-3H3,(H,20,21). The van der Waals surface area contributed by atoms with Crippen molar-refractivity contribution in [2.75, 3.05) is 25.4 Å². The molecule has 2 aliphatic rings. The van der Waals surface area contributed by atoms with Gasteiger partial charge in [-0.05, 0) is 26.2 Å². The van der Waals surface area contributed by atoms with Crippen LogP contribution >= 0.6 is 11.8 Å². The fourth-order valence-corrected chi connectivity index (χ4v) is 5.47. The highest BCUT2D eigenvalue weighted by Gasteiger charge is 2.38. The average Bonchev–Trinajstić information content (AvgIpc) is 2.97. The monoisotopic (exact) mass is 378 g/mol.